The van der Waals surface area contributed by atoms with E-state index in [1.54, 1.807) is 12.1 Å². The molecule has 3 atom stereocenters. The molecule has 0 aliphatic heterocycles. The minimum atomic E-state index is -0.216. The van der Waals surface area contributed by atoms with E-state index in [9.17, 15) is 9.18 Å². The first-order valence-electron chi connectivity index (χ1n) is 6.85. The normalized spacial score (nSPS) is 24.2. The second-order valence-electron chi connectivity index (χ2n) is 5.48. The highest BCUT2D eigenvalue weighted by molar-refractivity contribution is 5.79. The standard InChI is InChI=1S/C15H21FN2O/c1-10(8-11-4-2-3-5-14(11)16)18-15(19)12-6-7-13(17)9-12/h2-5,10,12-13H,6-9,17H2,1H3,(H,18,19). The quantitative estimate of drug-likeness (QED) is 0.874. The van der Waals surface area contributed by atoms with Gasteiger partial charge in [0.25, 0.3) is 0 Å². The van der Waals surface area contributed by atoms with Gasteiger partial charge in [0.15, 0.2) is 0 Å². The summed E-state index contributed by atoms with van der Waals surface area (Å²) in [7, 11) is 0. The molecule has 3 unspecified atom stereocenters. The van der Waals surface area contributed by atoms with Gasteiger partial charge >= 0.3 is 0 Å². The summed E-state index contributed by atoms with van der Waals surface area (Å²) in [5, 5.41) is 2.96. The number of amides is 1. The summed E-state index contributed by atoms with van der Waals surface area (Å²) in [5.74, 6) is -0.138. The van der Waals surface area contributed by atoms with Crippen molar-refractivity contribution in [3.63, 3.8) is 0 Å². The smallest absolute Gasteiger partial charge is 0.223 e. The van der Waals surface area contributed by atoms with Gasteiger partial charge in [0.2, 0.25) is 5.91 Å². The van der Waals surface area contributed by atoms with Crippen molar-refractivity contribution in [1.29, 1.82) is 0 Å². The Morgan fingerprint density at radius 3 is 2.84 bits per heavy atom. The SMILES string of the molecule is CC(Cc1ccccc1F)NC(=O)C1CCC(N)C1. The van der Waals surface area contributed by atoms with Crippen molar-refractivity contribution < 1.29 is 9.18 Å². The maximum absolute atomic E-state index is 13.5. The Hall–Kier alpha value is -1.42. The van der Waals surface area contributed by atoms with Crippen LogP contribution in [0.1, 0.15) is 31.7 Å². The molecule has 0 spiro atoms. The zero-order valence-corrected chi connectivity index (χ0v) is 11.2. The van der Waals surface area contributed by atoms with Crippen molar-refractivity contribution in [2.24, 2.45) is 11.7 Å². The molecule has 1 aliphatic rings. The molecule has 0 saturated heterocycles. The van der Waals surface area contributed by atoms with E-state index < -0.39 is 0 Å². The molecule has 1 aliphatic carbocycles. The summed E-state index contributed by atoms with van der Waals surface area (Å²) < 4.78 is 13.5. The monoisotopic (exact) mass is 264 g/mol. The Labute approximate surface area is 113 Å². The number of hydrogen-bond acceptors (Lipinski definition) is 2. The number of hydrogen-bond donors (Lipinski definition) is 2. The molecule has 4 heteroatoms. The molecule has 0 bridgehead atoms. The molecule has 3 nitrogen and oxygen atoms in total. The van der Waals surface area contributed by atoms with Gasteiger partial charge in [0, 0.05) is 18.0 Å². The zero-order valence-electron chi connectivity index (χ0n) is 11.2. The van der Waals surface area contributed by atoms with Crippen molar-refractivity contribution in [2.45, 2.75) is 44.7 Å². The third-order valence-corrected chi connectivity index (χ3v) is 3.72. The Balaban J connectivity index is 1.86. The van der Waals surface area contributed by atoms with Crippen molar-refractivity contribution in [3.8, 4) is 0 Å². The lowest BCUT2D eigenvalue weighted by Crippen LogP contribution is -2.38. The van der Waals surface area contributed by atoms with Crippen LogP contribution in [-0.2, 0) is 11.2 Å². The Morgan fingerprint density at radius 1 is 1.47 bits per heavy atom. The van der Waals surface area contributed by atoms with Crippen LogP contribution in [-0.4, -0.2) is 18.0 Å². The highest BCUT2D eigenvalue weighted by Crippen LogP contribution is 2.24. The van der Waals surface area contributed by atoms with Gasteiger partial charge in [0.1, 0.15) is 5.82 Å². The molecule has 0 aromatic heterocycles. The van der Waals surface area contributed by atoms with Gasteiger partial charge in [-0.1, -0.05) is 18.2 Å². The van der Waals surface area contributed by atoms with Gasteiger partial charge in [0.05, 0.1) is 0 Å². The van der Waals surface area contributed by atoms with E-state index in [2.05, 4.69) is 5.32 Å². The van der Waals surface area contributed by atoms with Gasteiger partial charge in [-0.3, -0.25) is 4.79 Å². The van der Waals surface area contributed by atoms with E-state index in [1.807, 2.05) is 13.0 Å². The average Bonchev–Trinajstić information content (AvgIpc) is 2.79. The second-order valence-corrected chi connectivity index (χ2v) is 5.48. The number of nitrogens with two attached hydrogens (primary N) is 1. The Morgan fingerprint density at radius 2 is 2.21 bits per heavy atom. The van der Waals surface area contributed by atoms with Crippen LogP contribution in [0.15, 0.2) is 24.3 Å². The van der Waals surface area contributed by atoms with Crippen LogP contribution in [0.25, 0.3) is 0 Å². The molecule has 0 radical (unpaired) electrons. The number of benzene rings is 1. The zero-order chi connectivity index (χ0) is 13.8. The molecule has 1 fully saturated rings. The number of carbonyl (C=O) groups is 1. The first kappa shape index (κ1) is 14.0. The molecule has 0 heterocycles. The van der Waals surface area contributed by atoms with Crippen LogP contribution in [0, 0.1) is 11.7 Å². The Bertz CT molecular complexity index is 450. The van der Waals surface area contributed by atoms with E-state index in [1.165, 1.54) is 6.07 Å². The lowest BCUT2D eigenvalue weighted by atomic mass is 10.0. The van der Waals surface area contributed by atoms with Crippen molar-refractivity contribution >= 4 is 5.91 Å². The summed E-state index contributed by atoms with van der Waals surface area (Å²) in [6.45, 7) is 1.90. The van der Waals surface area contributed by atoms with Crippen LogP contribution in [0.2, 0.25) is 0 Å². The van der Waals surface area contributed by atoms with Crippen LogP contribution < -0.4 is 11.1 Å². The summed E-state index contributed by atoms with van der Waals surface area (Å²) >= 11 is 0. The van der Waals surface area contributed by atoms with E-state index in [-0.39, 0.29) is 29.7 Å². The number of nitrogens with one attached hydrogen (secondary N) is 1. The van der Waals surface area contributed by atoms with E-state index in [0.29, 0.717) is 12.0 Å². The summed E-state index contributed by atoms with van der Waals surface area (Å²) in [6, 6.07) is 6.76. The molecule has 1 aromatic rings. The topological polar surface area (TPSA) is 55.1 Å². The lowest BCUT2D eigenvalue weighted by molar-refractivity contribution is -0.125. The molecule has 104 valence electrons. The maximum Gasteiger partial charge on any atom is 0.223 e. The maximum atomic E-state index is 13.5. The highest BCUT2D eigenvalue weighted by Gasteiger charge is 2.28. The molecular formula is C15H21FN2O. The fraction of sp³-hybridized carbons (Fsp3) is 0.533. The van der Waals surface area contributed by atoms with Crippen LogP contribution in [0.3, 0.4) is 0 Å². The van der Waals surface area contributed by atoms with Crippen LogP contribution in [0.4, 0.5) is 4.39 Å². The third-order valence-electron chi connectivity index (χ3n) is 3.72. The number of rotatable bonds is 4. The van der Waals surface area contributed by atoms with Gasteiger partial charge in [-0.25, -0.2) is 4.39 Å². The van der Waals surface area contributed by atoms with E-state index in [4.69, 9.17) is 5.73 Å². The van der Waals surface area contributed by atoms with Crippen molar-refractivity contribution in [1.82, 2.24) is 5.32 Å². The highest BCUT2D eigenvalue weighted by atomic mass is 19.1. The van der Waals surface area contributed by atoms with Crippen LogP contribution >= 0.6 is 0 Å². The number of carbonyl (C=O) groups excluding carboxylic acids is 1. The van der Waals surface area contributed by atoms with Gasteiger partial charge in [-0.2, -0.15) is 0 Å². The number of halogens is 1. The van der Waals surface area contributed by atoms with Gasteiger partial charge in [-0.05, 0) is 44.2 Å². The Kier molecular flexibility index (Phi) is 4.53. The molecule has 3 N–H and O–H groups in total. The predicted octanol–water partition coefficient (Wildman–Crippen LogP) is 2.00. The van der Waals surface area contributed by atoms with Crippen molar-refractivity contribution in [3.05, 3.63) is 35.6 Å². The van der Waals surface area contributed by atoms with Crippen molar-refractivity contribution in [2.75, 3.05) is 0 Å². The van der Waals surface area contributed by atoms with E-state index in [0.717, 1.165) is 19.3 Å². The summed E-state index contributed by atoms with van der Waals surface area (Å²) in [5.41, 5.74) is 6.44. The molecule has 1 amide bonds. The fourth-order valence-corrected chi connectivity index (χ4v) is 2.66. The molecule has 2 rings (SSSR count). The van der Waals surface area contributed by atoms with Gasteiger partial charge < -0.3 is 11.1 Å². The molecule has 19 heavy (non-hydrogen) atoms. The molecule has 1 aromatic carbocycles. The van der Waals surface area contributed by atoms with Gasteiger partial charge in [-0.15, -0.1) is 0 Å². The van der Waals surface area contributed by atoms with E-state index >= 15 is 0 Å². The summed E-state index contributed by atoms with van der Waals surface area (Å²) in [4.78, 5) is 12.0. The first-order chi connectivity index (χ1) is 9.06. The lowest BCUT2D eigenvalue weighted by Gasteiger charge is -2.17. The fourth-order valence-electron chi connectivity index (χ4n) is 2.66. The second kappa shape index (κ2) is 6.15. The average molecular weight is 264 g/mol. The molecule has 1 saturated carbocycles. The first-order valence-corrected chi connectivity index (χ1v) is 6.85. The predicted molar refractivity (Wildman–Crippen MR) is 73.0 cm³/mol. The summed E-state index contributed by atoms with van der Waals surface area (Å²) in [6.07, 6.45) is 3.05. The molecular weight excluding hydrogens is 243 g/mol. The minimum absolute atomic E-state index is 0.0260. The van der Waals surface area contributed by atoms with Crippen LogP contribution in [0.5, 0.6) is 0 Å². The largest absolute Gasteiger partial charge is 0.353 e. The minimum Gasteiger partial charge on any atom is -0.353 e. The third kappa shape index (κ3) is 3.77.